The highest BCUT2D eigenvalue weighted by Gasteiger charge is 2.38. The number of nitrogens with zero attached hydrogens (tertiary/aromatic N) is 2. The van der Waals surface area contributed by atoms with Crippen LogP contribution in [0.1, 0.15) is 12.5 Å². The van der Waals surface area contributed by atoms with Crippen LogP contribution >= 0.6 is 0 Å². The van der Waals surface area contributed by atoms with Crippen molar-refractivity contribution in [2.75, 3.05) is 26.7 Å². The van der Waals surface area contributed by atoms with E-state index in [0.29, 0.717) is 17.3 Å². The van der Waals surface area contributed by atoms with Crippen LogP contribution in [0.25, 0.3) is 10.9 Å². The Labute approximate surface area is 236 Å². The summed E-state index contributed by atoms with van der Waals surface area (Å²) < 4.78 is 96.6. The molecule has 1 atom stereocenters. The van der Waals surface area contributed by atoms with Gasteiger partial charge in [-0.2, -0.15) is 26.3 Å². The second kappa shape index (κ2) is 13.9. The molecule has 1 aliphatic rings. The molecule has 4 rings (SSSR count). The highest BCUT2D eigenvalue weighted by Crippen LogP contribution is 2.30. The van der Waals surface area contributed by atoms with Gasteiger partial charge in [0.1, 0.15) is 5.75 Å². The number of aliphatic carboxylic acids is 2. The zero-order valence-electron chi connectivity index (χ0n) is 22.1. The minimum Gasteiger partial charge on any atom is -0.497 e. The van der Waals surface area contributed by atoms with Crippen molar-refractivity contribution < 1.29 is 59.3 Å². The third kappa shape index (κ3) is 9.35. The molecule has 1 saturated heterocycles. The van der Waals surface area contributed by atoms with E-state index in [9.17, 15) is 34.8 Å². The van der Waals surface area contributed by atoms with E-state index in [1.807, 2.05) is 18.2 Å². The number of halogens is 6. The van der Waals surface area contributed by atoms with Gasteiger partial charge in [-0.05, 0) is 36.8 Å². The molecule has 3 N–H and O–H groups in total. The fraction of sp³-hybridized carbons (Fsp3) is 0.360. The molecule has 2 aromatic carbocycles. The van der Waals surface area contributed by atoms with Crippen LogP contribution in [0.15, 0.2) is 59.6 Å². The summed E-state index contributed by atoms with van der Waals surface area (Å²) >= 11 is 0. The molecule has 1 fully saturated rings. The number of benzene rings is 2. The number of nitrogens with one attached hydrogen (secondary N) is 1. The molecule has 0 radical (unpaired) electrons. The summed E-state index contributed by atoms with van der Waals surface area (Å²) in [6, 6.07) is 14.6. The van der Waals surface area contributed by atoms with E-state index in [2.05, 4.69) is 17.1 Å². The zero-order chi connectivity index (χ0) is 31.9. The van der Waals surface area contributed by atoms with E-state index in [1.165, 1.54) is 3.97 Å². The Morgan fingerprint density at radius 1 is 1.00 bits per heavy atom. The first-order valence-corrected chi connectivity index (χ1v) is 13.4. The molecule has 2 heterocycles. The molecule has 0 saturated carbocycles. The van der Waals surface area contributed by atoms with Gasteiger partial charge in [0, 0.05) is 49.9 Å². The van der Waals surface area contributed by atoms with Crippen LogP contribution in [0.5, 0.6) is 5.75 Å². The quantitative estimate of drug-likeness (QED) is 0.359. The van der Waals surface area contributed by atoms with Crippen molar-refractivity contribution in [3.05, 3.63) is 60.3 Å². The first-order valence-electron chi connectivity index (χ1n) is 11.9. The molecule has 42 heavy (non-hydrogen) atoms. The number of carboxylic acid groups (broad SMARTS) is 2. The summed E-state index contributed by atoms with van der Waals surface area (Å²) in [6.45, 7) is 5.82. The average Bonchev–Trinajstić information content (AvgIpc) is 3.34. The van der Waals surface area contributed by atoms with E-state index in [4.69, 9.17) is 24.5 Å². The van der Waals surface area contributed by atoms with Crippen molar-refractivity contribution in [3.63, 3.8) is 0 Å². The molecule has 0 unspecified atom stereocenters. The number of ether oxygens (including phenoxy) is 1. The Kier molecular flexibility index (Phi) is 11.4. The Morgan fingerprint density at radius 2 is 1.55 bits per heavy atom. The number of piperazine rings is 1. The fourth-order valence-electron chi connectivity index (χ4n) is 3.83. The predicted octanol–water partition coefficient (Wildman–Crippen LogP) is 3.95. The van der Waals surface area contributed by atoms with Crippen molar-refractivity contribution in [1.29, 1.82) is 0 Å². The highest BCUT2D eigenvalue weighted by molar-refractivity contribution is 7.90. The molecule has 1 aliphatic heterocycles. The highest BCUT2D eigenvalue weighted by atomic mass is 32.2. The number of rotatable bonds is 5. The summed E-state index contributed by atoms with van der Waals surface area (Å²) in [5, 5.41) is 18.6. The standard InChI is InChI=1S/C21H25N3O3S.2C2HF3O2/c1-16-14-23(11-9-22-16)15-17-12-18(27-2)13-21-20(17)8-10-24(21)28(25,26)19-6-4-3-5-7-19;2*3-2(4,5)1(6)7/h3-8,10,12-13,16,22H,9,11,14-15H2,1-2H3;2*(H,6,7)/t16-;;/m1../s1. The summed E-state index contributed by atoms with van der Waals surface area (Å²) in [5.74, 6) is -4.85. The third-order valence-corrected chi connectivity index (χ3v) is 7.40. The Morgan fingerprint density at radius 3 is 2.02 bits per heavy atom. The normalized spacial score (nSPS) is 16.0. The number of alkyl halides is 6. The number of methoxy groups -OCH3 is 1. The molecule has 0 aliphatic carbocycles. The zero-order valence-corrected chi connectivity index (χ0v) is 22.9. The van der Waals surface area contributed by atoms with Crippen molar-refractivity contribution in [1.82, 2.24) is 14.2 Å². The number of carboxylic acids is 2. The van der Waals surface area contributed by atoms with Crippen molar-refractivity contribution >= 4 is 32.9 Å². The predicted molar refractivity (Wildman–Crippen MR) is 138 cm³/mol. The average molecular weight is 628 g/mol. The molecule has 17 heteroatoms. The lowest BCUT2D eigenvalue weighted by Gasteiger charge is -2.32. The first-order chi connectivity index (χ1) is 19.4. The molecule has 1 aromatic heterocycles. The fourth-order valence-corrected chi connectivity index (χ4v) is 5.19. The molecule has 10 nitrogen and oxygen atoms in total. The lowest BCUT2D eigenvalue weighted by molar-refractivity contribution is -0.193. The van der Waals surface area contributed by atoms with Crippen LogP contribution in [0.2, 0.25) is 0 Å². The first kappa shape index (κ1) is 34.4. The number of aromatic nitrogens is 1. The molecule has 0 spiro atoms. The second-order valence-electron chi connectivity index (χ2n) is 8.85. The Bertz CT molecular complexity index is 1450. The number of hydrogen-bond acceptors (Lipinski definition) is 7. The van der Waals surface area contributed by atoms with Crippen molar-refractivity contribution in [3.8, 4) is 5.75 Å². The minimum absolute atomic E-state index is 0.271. The molecule has 0 amide bonds. The summed E-state index contributed by atoms with van der Waals surface area (Å²) in [6.07, 6.45) is -8.53. The van der Waals surface area contributed by atoms with E-state index >= 15 is 0 Å². The summed E-state index contributed by atoms with van der Waals surface area (Å²) in [4.78, 5) is 20.5. The van der Waals surface area contributed by atoms with Crippen molar-refractivity contribution in [2.45, 2.75) is 36.8 Å². The molecule has 232 valence electrons. The van der Waals surface area contributed by atoms with Crippen LogP contribution in [0, 0.1) is 0 Å². The van der Waals surface area contributed by atoms with E-state index in [0.717, 1.165) is 37.1 Å². The van der Waals surface area contributed by atoms with Crippen molar-refractivity contribution in [2.24, 2.45) is 0 Å². The third-order valence-electron chi connectivity index (χ3n) is 5.70. The smallest absolute Gasteiger partial charge is 0.490 e. The monoisotopic (exact) mass is 627 g/mol. The van der Waals surface area contributed by atoms with E-state index in [-0.39, 0.29) is 4.90 Å². The maximum Gasteiger partial charge on any atom is 0.490 e. The van der Waals surface area contributed by atoms with Gasteiger partial charge in [-0.25, -0.2) is 22.0 Å². The van der Waals surface area contributed by atoms with Crippen LogP contribution < -0.4 is 10.1 Å². The molecular formula is C25H27F6N3O7S. The van der Waals surface area contributed by atoms with Crippen LogP contribution in [0.3, 0.4) is 0 Å². The topological polar surface area (TPSA) is 138 Å². The van der Waals surface area contributed by atoms with Crippen LogP contribution in [0.4, 0.5) is 26.3 Å². The largest absolute Gasteiger partial charge is 0.497 e. The van der Waals surface area contributed by atoms with E-state index < -0.39 is 34.3 Å². The summed E-state index contributed by atoms with van der Waals surface area (Å²) in [5.41, 5.74) is 1.71. The van der Waals surface area contributed by atoms with Gasteiger partial charge in [0.2, 0.25) is 0 Å². The Balaban J connectivity index is 0.000000367. The SMILES string of the molecule is COc1cc(CN2CCN[C@H](C)C2)c2ccn(S(=O)(=O)c3ccccc3)c2c1.O=C(O)C(F)(F)F.O=C(O)C(F)(F)F. The van der Waals surface area contributed by atoms with Gasteiger partial charge in [-0.1, -0.05) is 18.2 Å². The van der Waals surface area contributed by atoms with E-state index in [1.54, 1.807) is 43.6 Å². The summed E-state index contributed by atoms with van der Waals surface area (Å²) in [7, 11) is -2.06. The van der Waals surface area contributed by atoms with Gasteiger partial charge in [0.15, 0.2) is 0 Å². The van der Waals surface area contributed by atoms with Gasteiger partial charge >= 0.3 is 24.3 Å². The lowest BCUT2D eigenvalue weighted by atomic mass is 10.1. The van der Waals surface area contributed by atoms with Gasteiger partial charge in [-0.3, -0.25) is 4.90 Å². The molecule has 3 aromatic rings. The van der Waals surface area contributed by atoms with Gasteiger partial charge in [0.25, 0.3) is 10.0 Å². The van der Waals surface area contributed by atoms with Crippen LogP contribution in [-0.4, -0.2) is 84.6 Å². The second-order valence-corrected chi connectivity index (χ2v) is 10.7. The minimum atomic E-state index is -5.08. The number of hydrogen-bond donors (Lipinski definition) is 3. The van der Waals surface area contributed by atoms with Gasteiger partial charge < -0.3 is 20.3 Å². The van der Waals surface area contributed by atoms with Gasteiger partial charge in [-0.15, -0.1) is 0 Å². The maximum absolute atomic E-state index is 13.2. The number of carbonyl (C=O) groups is 2. The number of fused-ring (bicyclic) bond motifs is 1. The Hall–Kier alpha value is -3.83. The van der Waals surface area contributed by atoms with Crippen LogP contribution in [-0.2, 0) is 26.2 Å². The molecule has 0 bridgehead atoms. The lowest BCUT2D eigenvalue weighted by Crippen LogP contribution is -2.48. The van der Waals surface area contributed by atoms with Gasteiger partial charge in [0.05, 0.1) is 17.5 Å². The molecular weight excluding hydrogens is 600 g/mol. The maximum atomic E-state index is 13.2.